The Kier molecular flexibility index (Phi) is 5.40. The Morgan fingerprint density at radius 3 is 2.29 bits per heavy atom. The summed E-state index contributed by atoms with van der Waals surface area (Å²) in [6, 6.07) is 9.27. The van der Waals surface area contributed by atoms with Crippen molar-refractivity contribution in [2.75, 3.05) is 0 Å². The van der Waals surface area contributed by atoms with Gasteiger partial charge in [-0.2, -0.15) is 0 Å². The predicted octanol–water partition coefficient (Wildman–Crippen LogP) is 3.81. The molecule has 1 aliphatic carbocycles. The van der Waals surface area contributed by atoms with Crippen molar-refractivity contribution >= 4 is 12.6 Å². The van der Waals surface area contributed by atoms with Crippen molar-refractivity contribution in [1.82, 2.24) is 0 Å². The molecule has 0 heterocycles. The van der Waals surface area contributed by atoms with Gasteiger partial charge in [-0.05, 0) is 25.0 Å². The molecule has 2 rings (SSSR count). The maximum Gasteiger partial charge on any atom is 0.201 e. The Hall–Kier alpha value is -1.11. The number of hydrogen-bond acceptors (Lipinski definition) is 1. The number of benzene rings is 1. The molecule has 17 heavy (non-hydrogen) atoms. The average molecular weight is 249 g/mol. The van der Waals surface area contributed by atoms with E-state index >= 15 is 0 Å². The van der Waals surface area contributed by atoms with Crippen molar-refractivity contribution in [2.24, 2.45) is 5.50 Å². The molecule has 0 spiro atoms. The highest BCUT2D eigenvalue weighted by Gasteiger charge is 2.23. The molecule has 0 aliphatic heterocycles. The first-order valence-corrected chi connectivity index (χ1v) is 7.80. The van der Waals surface area contributed by atoms with Gasteiger partial charge in [-0.15, -0.1) is 0 Å². The van der Waals surface area contributed by atoms with E-state index in [-0.39, 0.29) is 0 Å². The molecule has 0 fully saturated rings. The lowest BCUT2D eigenvalue weighted by atomic mass is 10.2. The van der Waals surface area contributed by atoms with Crippen molar-refractivity contribution in [1.29, 1.82) is 0 Å². The van der Waals surface area contributed by atoms with E-state index < -0.39 is 7.29 Å². The summed E-state index contributed by atoms with van der Waals surface area (Å²) < 4.78 is 12.4. The van der Waals surface area contributed by atoms with Crippen molar-refractivity contribution in [3.05, 3.63) is 53.9 Å². The minimum absolute atomic E-state index is 0.725. The SMILES string of the molecule is CC.NP(=O)(C1=CCCC=C1)c1ccccc1. The van der Waals surface area contributed by atoms with Gasteiger partial charge >= 0.3 is 0 Å². The van der Waals surface area contributed by atoms with Gasteiger partial charge in [-0.1, -0.05) is 50.3 Å². The molecule has 1 unspecified atom stereocenters. The van der Waals surface area contributed by atoms with E-state index in [2.05, 4.69) is 0 Å². The molecule has 1 aliphatic rings. The third-order valence-corrected chi connectivity index (χ3v) is 4.66. The van der Waals surface area contributed by atoms with E-state index in [0.29, 0.717) is 0 Å². The summed E-state index contributed by atoms with van der Waals surface area (Å²) in [6.07, 6.45) is 7.83. The van der Waals surface area contributed by atoms with Crippen molar-refractivity contribution in [2.45, 2.75) is 26.7 Å². The molecule has 92 valence electrons. The van der Waals surface area contributed by atoms with E-state index in [0.717, 1.165) is 23.5 Å². The highest BCUT2D eigenvalue weighted by atomic mass is 31.2. The zero-order valence-electron chi connectivity index (χ0n) is 10.5. The molecule has 0 aromatic heterocycles. The van der Waals surface area contributed by atoms with Crippen LogP contribution in [0.25, 0.3) is 0 Å². The van der Waals surface area contributed by atoms with Crippen LogP contribution in [-0.4, -0.2) is 0 Å². The summed E-state index contributed by atoms with van der Waals surface area (Å²) in [5.74, 6) is 0. The number of nitrogens with two attached hydrogens (primary N) is 1. The third-order valence-electron chi connectivity index (χ3n) is 2.50. The van der Waals surface area contributed by atoms with Gasteiger partial charge in [0.05, 0.1) is 0 Å². The van der Waals surface area contributed by atoms with Crippen LogP contribution in [0.5, 0.6) is 0 Å². The lowest BCUT2D eigenvalue weighted by Gasteiger charge is -2.16. The first kappa shape index (κ1) is 14.0. The third kappa shape index (κ3) is 3.42. The summed E-state index contributed by atoms with van der Waals surface area (Å²) in [5.41, 5.74) is 5.95. The van der Waals surface area contributed by atoms with E-state index in [1.807, 2.05) is 62.4 Å². The lowest BCUT2D eigenvalue weighted by molar-refractivity contribution is 0.586. The highest BCUT2D eigenvalue weighted by Crippen LogP contribution is 2.46. The minimum atomic E-state index is -2.85. The van der Waals surface area contributed by atoms with Gasteiger partial charge in [0.25, 0.3) is 0 Å². The summed E-state index contributed by atoms with van der Waals surface area (Å²) in [7, 11) is -2.85. The second kappa shape index (κ2) is 6.58. The Labute approximate surface area is 104 Å². The standard InChI is InChI=1S/C12H14NOP.C2H6/c13-15(14,11-7-3-1-4-8-11)12-9-5-2-6-10-12;1-2/h1,3-5,7-10H,2,6H2,(H2,13,14);1-2H3. The number of rotatable bonds is 2. The van der Waals surface area contributed by atoms with Crippen molar-refractivity contribution in [3.63, 3.8) is 0 Å². The van der Waals surface area contributed by atoms with E-state index in [1.165, 1.54) is 0 Å². The molecule has 1 aromatic rings. The van der Waals surface area contributed by atoms with Crippen LogP contribution in [0.2, 0.25) is 0 Å². The second-order valence-electron chi connectivity index (χ2n) is 3.60. The van der Waals surface area contributed by atoms with Crippen LogP contribution in [0.4, 0.5) is 0 Å². The summed E-state index contributed by atoms with van der Waals surface area (Å²) in [6.45, 7) is 4.00. The van der Waals surface area contributed by atoms with Crippen LogP contribution in [0.1, 0.15) is 26.7 Å². The topological polar surface area (TPSA) is 43.1 Å². The first-order valence-electron chi connectivity index (χ1n) is 6.03. The van der Waals surface area contributed by atoms with E-state index in [4.69, 9.17) is 5.50 Å². The van der Waals surface area contributed by atoms with Gasteiger partial charge in [0.2, 0.25) is 7.29 Å². The van der Waals surface area contributed by atoms with Gasteiger partial charge < -0.3 is 0 Å². The number of allylic oxidation sites excluding steroid dienone is 4. The molecular weight excluding hydrogens is 229 g/mol. The van der Waals surface area contributed by atoms with Crippen molar-refractivity contribution < 1.29 is 4.57 Å². The summed E-state index contributed by atoms with van der Waals surface area (Å²) in [5, 5.41) is 1.50. The summed E-state index contributed by atoms with van der Waals surface area (Å²) in [4.78, 5) is 0. The second-order valence-corrected chi connectivity index (χ2v) is 5.95. The van der Waals surface area contributed by atoms with E-state index in [9.17, 15) is 4.57 Å². The molecular formula is C14H20NOP. The summed E-state index contributed by atoms with van der Waals surface area (Å²) >= 11 is 0. The molecule has 1 aromatic carbocycles. The van der Waals surface area contributed by atoms with Gasteiger partial charge in [0.15, 0.2) is 0 Å². The largest absolute Gasteiger partial charge is 0.297 e. The smallest absolute Gasteiger partial charge is 0.201 e. The van der Waals surface area contributed by atoms with Crippen LogP contribution < -0.4 is 10.8 Å². The van der Waals surface area contributed by atoms with Crippen LogP contribution in [0.15, 0.2) is 53.9 Å². The van der Waals surface area contributed by atoms with Crippen LogP contribution in [0, 0.1) is 0 Å². The van der Waals surface area contributed by atoms with Gasteiger partial charge in [0.1, 0.15) is 0 Å². The normalized spacial score (nSPS) is 17.5. The highest BCUT2D eigenvalue weighted by molar-refractivity contribution is 7.73. The quantitative estimate of drug-likeness (QED) is 0.810. The van der Waals surface area contributed by atoms with Gasteiger partial charge in [0, 0.05) is 10.6 Å². The zero-order valence-corrected chi connectivity index (χ0v) is 11.4. The molecule has 0 saturated heterocycles. The maximum absolute atomic E-state index is 12.4. The molecule has 0 bridgehead atoms. The molecule has 2 nitrogen and oxygen atoms in total. The minimum Gasteiger partial charge on any atom is -0.297 e. The average Bonchev–Trinajstić information content (AvgIpc) is 2.43. The van der Waals surface area contributed by atoms with Crippen LogP contribution in [-0.2, 0) is 4.57 Å². The molecule has 2 N–H and O–H groups in total. The van der Waals surface area contributed by atoms with Crippen LogP contribution >= 0.6 is 7.29 Å². The first-order chi connectivity index (χ1) is 8.21. The zero-order chi connectivity index (χ0) is 12.7. The fourth-order valence-corrected chi connectivity index (χ4v) is 3.28. The Morgan fingerprint density at radius 1 is 1.12 bits per heavy atom. The van der Waals surface area contributed by atoms with Gasteiger partial charge in [-0.3, -0.25) is 10.1 Å². The van der Waals surface area contributed by atoms with E-state index in [1.54, 1.807) is 0 Å². The van der Waals surface area contributed by atoms with Crippen LogP contribution in [0.3, 0.4) is 0 Å². The monoisotopic (exact) mass is 249 g/mol. The lowest BCUT2D eigenvalue weighted by Crippen LogP contribution is -2.12. The molecule has 3 heteroatoms. The van der Waals surface area contributed by atoms with Gasteiger partial charge in [-0.25, -0.2) is 0 Å². The Morgan fingerprint density at radius 2 is 1.76 bits per heavy atom. The molecule has 0 amide bonds. The Bertz CT molecular complexity index is 449. The Balaban J connectivity index is 0.000000686. The van der Waals surface area contributed by atoms with Crippen molar-refractivity contribution in [3.8, 4) is 0 Å². The molecule has 0 saturated carbocycles. The predicted molar refractivity (Wildman–Crippen MR) is 75.7 cm³/mol. The maximum atomic E-state index is 12.4. The molecule has 1 atom stereocenters. The number of hydrogen-bond donors (Lipinski definition) is 1. The fourth-order valence-electron chi connectivity index (χ4n) is 1.64. The fraction of sp³-hybridized carbons (Fsp3) is 0.286. The molecule has 0 radical (unpaired) electrons.